The molecule has 2 nitrogen and oxygen atoms in total. The van der Waals surface area contributed by atoms with E-state index in [-0.39, 0.29) is 0 Å². The van der Waals surface area contributed by atoms with Crippen molar-refractivity contribution in [3.8, 4) is 0 Å². The van der Waals surface area contributed by atoms with E-state index < -0.39 is 0 Å². The maximum atomic E-state index is 3.54. The van der Waals surface area contributed by atoms with Crippen LogP contribution in [0.3, 0.4) is 0 Å². The van der Waals surface area contributed by atoms with Crippen LogP contribution in [-0.4, -0.2) is 19.1 Å². The summed E-state index contributed by atoms with van der Waals surface area (Å²) in [6, 6.07) is 9.26. The lowest BCUT2D eigenvalue weighted by Gasteiger charge is -2.42. The maximum Gasteiger partial charge on any atom is 0.0605 e. The number of fused-ring (bicyclic) bond motifs is 1. The van der Waals surface area contributed by atoms with Gasteiger partial charge in [0.2, 0.25) is 0 Å². The van der Waals surface area contributed by atoms with Gasteiger partial charge < -0.3 is 10.2 Å². The van der Waals surface area contributed by atoms with E-state index in [1.807, 2.05) is 0 Å². The highest BCUT2D eigenvalue weighted by Crippen LogP contribution is 2.34. The smallest absolute Gasteiger partial charge is 0.0605 e. The quantitative estimate of drug-likeness (QED) is 0.835. The van der Waals surface area contributed by atoms with Crippen LogP contribution in [0.15, 0.2) is 24.3 Å². The number of nitrogens with one attached hydrogen (secondary N) is 1. The molecule has 0 fully saturated rings. The molecular formula is C15H24N2. The lowest BCUT2D eigenvalue weighted by atomic mass is 9.93. The Morgan fingerprint density at radius 1 is 1.29 bits per heavy atom. The van der Waals surface area contributed by atoms with Crippen LogP contribution < -0.4 is 10.2 Å². The van der Waals surface area contributed by atoms with E-state index in [1.165, 1.54) is 17.8 Å². The van der Waals surface area contributed by atoms with E-state index in [4.69, 9.17) is 0 Å². The van der Waals surface area contributed by atoms with E-state index in [1.54, 1.807) is 0 Å². The Morgan fingerprint density at radius 3 is 2.65 bits per heavy atom. The van der Waals surface area contributed by atoms with Gasteiger partial charge >= 0.3 is 0 Å². The van der Waals surface area contributed by atoms with Gasteiger partial charge in [-0.15, -0.1) is 0 Å². The van der Waals surface area contributed by atoms with Crippen LogP contribution in [-0.2, 0) is 0 Å². The fourth-order valence-electron chi connectivity index (χ4n) is 2.50. The molecule has 1 aliphatic heterocycles. The Hall–Kier alpha value is -1.18. The zero-order valence-electron chi connectivity index (χ0n) is 11.5. The maximum absolute atomic E-state index is 3.54. The average Bonchev–Trinajstić information content (AvgIpc) is 2.28. The van der Waals surface area contributed by atoms with Crippen molar-refractivity contribution in [2.45, 2.75) is 40.2 Å². The van der Waals surface area contributed by atoms with Gasteiger partial charge in [-0.2, -0.15) is 0 Å². The molecule has 2 heteroatoms. The predicted octanol–water partition coefficient (Wildman–Crippen LogP) is 3.74. The molecule has 1 heterocycles. The second-order valence-electron chi connectivity index (χ2n) is 6.15. The third kappa shape index (κ3) is 2.74. The molecule has 2 rings (SSSR count). The van der Waals surface area contributed by atoms with E-state index >= 15 is 0 Å². The molecule has 1 aromatic carbocycles. The first kappa shape index (κ1) is 12.3. The van der Waals surface area contributed by atoms with Crippen molar-refractivity contribution < 1.29 is 0 Å². The van der Waals surface area contributed by atoms with E-state index in [9.17, 15) is 0 Å². The molecule has 0 saturated heterocycles. The molecule has 1 N–H and O–H groups in total. The highest BCUT2D eigenvalue weighted by atomic mass is 15.2. The number of benzene rings is 1. The second kappa shape index (κ2) is 4.59. The summed E-state index contributed by atoms with van der Waals surface area (Å²) in [5, 5.41) is 3.54. The van der Waals surface area contributed by atoms with E-state index in [2.05, 4.69) is 62.2 Å². The van der Waals surface area contributed by atoms with Gasteiger partial charge in [-0.25, -0.2) is 0 Å². The summed E-state index contributed by atoms with van der Waals surface area (Å²) in [5.41, 5.74) is 2.97. The SMILES string of the molecule is CCC1CNc2ccccc2N1CC(C)(C)C. The lowest BCUT2D eigenvalue weighted by Crippen LogP contribution is -2.47. The molecular weight excluding hydrogens is 208 g/mol. The fourth-order valence-corrected chi connectivity index (χ4v) is 2.50. The predicted molar refractivity (Wildman–Crippen MR) is 75.8 cm³/mol. The molecule has 17 heavy (non-hydrogen) atoms. The molecule has 0 bridgehead atoms. The minimum atomic E-state index is 0.331. The molecule has 0 radical (unpaired) electrons. The molecule has 0 amide bonds. The standard InChI is InChI=1S/C15H24N2/c1-5-12-10-16-13-8-6-7-9-14(13)17(12)11-15(2,3)4/h6-9,12,16H,5,10-11H2,1-4H3. The normalized spacial score (nSPS) is 19.8. The molecule has 94 valence electrons. The fraction of sp³-hybridized carbons (Fsp3) is 0.600. The van der Waals surface area contributed by atoms with Crippen molar-refractivity contribution in [3.05, 3.63) is 24.3 Å². The number of para-hydroxylation sites is 2. The van der Waals surface area contributed by atoms with Crippen molar-refractivity contribution >= 4 is 11.4 Å². The van der Waals surface area contributed by atoms with Gasteiger partial charge in [0.15, 0.2) is 0 Å². The van der Waals surface area contributed by atoms with Crippen molar-refractivity contribution in [3.63, 3.8) is 0 Å². The largest absolute Gasteiger partial charge is 0.381 e. The van der Waals surface area contributed by atoms with Crippen LogP contribution in [0, 0.1) is 5.41 Å². The number of hydrogen-bond donors (Lipinski definition) is 1. The van der Waals surface area contributed by atoms with E-state index in [0.29, 0.717) is 11.5 Å². The Morgan fingerprint density at radius 2 is 2.00 bits per heavy atom. The van der Waals surface area contributed by atoms with Crippen molar-refractivity contribution in [1.82, 2.24) is 0 Å². The Balaban J connectivity index is 2.31. The molecule has 1 aromatic rings. The average molecular weight is 232 g/mol. The Labute approximate surface area is 105 Å². The van der Waals surface area contributed by atoms with Gasteiger partial charge in [0.25, 0.3) is 0 Å². The van der Waals surface area contributed by atoms with Crippen molar-refractivity contribution in [2.24, 2.45) is 5.41 Å². The Kier molecular flexibility index (Phi) is 3.32. The minimum absolute atomic E-state index is 0.331. The number of nitrogens with zero attached hydrogens (tertiary/aromatic N) is 1. The number of hydrogen-bond acceptors (Lipinski definition) is 2. The summed E-state index contributed by atoms with van der Waals surface area (Å²) in [6.45, 7) is 11.4. The number of rotatable bonds is 2. The zero-order chi connectivity index (χ0) is 12.5. The first-order valence-electron chi connectivity index (χ1n) is 6.61. The zero-order valence-corrected chi connectivity index (χ0v) is 11.5. The summed E-state index contributed by atoms with van der Waals surface area (Å²) in [7, 11) is 0. The Bertz CT molecular complexity index is 379. The topological polar surface area (TPSA) is 15.3 Å². The first-order valence-corrected chi connectivity index (χ1v) is 6.61. The van der Waals surface area contributed by atoms with Crippen LogP contribution in [0.5, 0.6) is 0 Å². The van der Waals surface area contributed by atoms with Gasteiger partial charge in [0.1, 0.15) is 0 Å². The molecule has 0 aromatic heterocycles. The first-order chi connectivity index (χ1) is 8.01. The third-order valence-electron chi connectivity index (χ3n) is 3.30. The van der Waals surface area contributed by atoms with Gasteiger partial charge in [-0.05, 0) is 24.0 Å². The molecule has 1 aliphatic rings. The highest BCUT2D eigenvalue weighted by Gasteiger charge is 2.27. The molecule has 1 unspecified atom stereocenters. The lowest BCUT2D eigenvalue weighted by molar-refractivity contribution is 0.387. The summed E-state index contributed by atoms with van der Waals surface area (Å²) in [5.74, 6) is 0. The summed E-state index contributed by atoms with van der Waals surface area (Å²) >= 11 is 0. The summed E-state index contributed by atoms with van der Waals surface area (Å²) < 4.78 is 0. The molecule has 0 aliphatic carbocycles. The highest BCUT2D eigenvalue weighted by molar-refractivity contribution is 5.72. The van der Waals surface area contributed by atoms with Gasteiger partial charge in [-0.1, -0.05) is 39.8 Å². The van der Waals surface area contributed by atoms with Crippen LogP contribution in [0.2, 0.25) is 0 Å². The minimum Gasteiger partial charge on any atom is -0.381 e. The number of anilines is 2. The van der Waals surface area contributed by atoms with Gasteiger partial charge in [0, 0.05) is 19.1 Å². The van der Waals surface area contributed by atoms with Crippen molar-refractivity contribution in [2.75, 3.05) is 23.3 Å². The van der Waals surface area contributed by atoms with Crippen LogP contribution >= 0.6 is 0 Å². The van der Waals surface area contributed by atoms with Crippen LogP contribution in [0.4, 0.5) is 11.4 Å². The van der Waals surface area contributed by atoms with Crippen LogP contribution in [0.25, 0.3) is 0 Å². The monoisotopic (exact) mass is 232 g/mol. The third-order valence-corrected chi connectivity index (χ3v) is 3.30. The van der Waals surface area contributed by atoms with Crippen LogP contribution in [0.1, 0.15) is 34.1 Å². The molecule has 0 saturated carbocycles. The summed E-state index contributed by atoms with van der Waals surface area (Å²) in [6.07, 6.45) is 1.19. The van der Waals surface area contributed by atoms with Gasteiger partial charge in [0.05, 0.1) is 11.4 Å². The van der Waals surface area contributed by atoms with E-state index in [0.717, 1.165) is 13.1 Å². The van der Waals surface area contributed by atoms with Crippen molar-refractivity contribution in [1.29, 1.82) is 0 Å². The van der Waals surface area contributed by atoms with Gasteiger partial charge in [-0.3, -0.25) is 0 Å². The molecule has 1 atom stereocenters. The summed E-state index contributed by atoms with van der Waals surface area (Å²) in [4.78, 5) is 2.58. The second-order valence-corrected chi connectivity index (χ2v) is 6.15. The molecule has 0 spiro atoms.